The van der Waals surface area contributed by atoms with Gasteiger partial charge in [0.1, 0.15) is 11.3 Å². The topological polar surface area (TPSA) is 30.7 Å². The lowest BCUT2D eigenvalue weighted by atomic mass is 9.82. The van der Waals surface area contributed by atoms with Crippen LogP contribution in [0.5, 0.6) is 0 Å². The van der Waals surface area contributed by atoms with Crippen LogP contribution in [-0.4, -0.2) is 20.4 Å². The number of halogens is 2. The molecule has 0 saturated heterocycles. The third-order valence-corrected chi connectivity index (χ3v) is 5.24. The van der Waals surface area contributed by atoms with Crippen molar-refractivity contribution in [3.8, 4) is 0 Å². The van der Waals surface area contributed by atoms with E-state index in [-0.39, 0.29) is 0 Å². The number of imidazole rings is 1. The van der Waals surface area contributed by atoms with E-state index in [0.717, 1.165) is 33.8 Å². The van der Waals surface area contributed by atoms with E-state index in [1.54, 1.807) is 0 Å². The minimum atomic E-state index is 0.528. The molecule has 1 saturated carbocycles. The highest BCUT2D eigenvalue weighted by molar-refractivity contribution is 9.10. The van der Waals surface area contributed by atoms with Crippen molar-refractivity contribution in [3.63, 3.8) is 0 Å². The molecule has 1 aliphatic carbocycles. The molecular formula is C16H21BrClN3. The quantitative estimate of drug-likeness (QED) is 0.700. The molecule has 0 amide bonds. The molecule has 1 fully saturated rings. The molecule has 3 nitrogen and oxygen atoms in total. The van der Waals surface area contributed by atoms with Crippen LogP contribution >= 0.6 is 27.5 Å². The molecule has 2 aromatic heterocycles. The Balaban J connectivity index is 2.11. The molecule has 0 aromatic carbocycles. The molecule has 2 aromatic rings. The lowest BCUT2D eigenvalue weighted by Crippen LogP contribution is -2.24. The van der Waals surface area contributed by atoms with Gasteiger partial charge in [-0.2, -0.15) is 0 Å². The van der Waals surface area contributed by atoms with Crippen LogP contribution in [-0.2, 0) is 6.42 Å². The number of fused-ring (bicyclic) bond motifs is 1. The maximum atomic E-state index is 5.99. The summed E-state index contributed by atoms with van der Waals surface area (Å²) in [6.45, 7) is 2.30. The average Bonchev–Trinajstić information content (AvgIpc) is 2.84. The summed E-state index contributed by atoms with van der Waals surface area (Å²) in [5.74, 6) is 2.43. The summed E-state index contributed by atoms with van der Waals surface area (Å²) in [5.41, 5.74) is 1.99. The number of aryl methyl sites for hydroxylation is 1. The molecule has 1 aliphatic rings. The van der Waals surface area contributed by atoms with Gasteiger partial charge in [-0.25, -0.2) is 9.97 Å². The fraction of sp³-hybridized carbons (Fsp3) is 0.625. The summed E-state index contributed by atoms with van der Waals surface area (Å²) in [7, 11) is 0. The number of hydrogen-bond donors (Lipinski definition) is 0. The number of hydrogen-bond acceptors (Lipinski definition) is 2. The van der Waals surface area contributed by atoms with Gasteiger partial charge in [0.2, 0.25) is 0 Å². The standard InChI is InChI=1S/C16H21BrClN3/c1-2-11-5-3-4-6-14(11)21-15(7-8-18)20-13-9-12(17)10-19-16(13)21/h9-11,14H,2-8H2,1H3. The minimum absolute atomic E-state index is 0.528. The summed E-state index contributed by atoms with van der Waals surface area (Å²) in [4.78, 5) is 9.43. The van der Waals surface area contributed by atoms with Crippen LogP contribution in [0, 0.1) is 5.92 Å². The third-order valence-electron chi connectivity index (χ3n) is 4.61. The van der Waals surface area contributed by atoms with Gasteiger partial charge >= 0.3 is 0 Å². The normalized spacial score (nSPS) is 22.8. The van der Waals surface area contributed by atoms with E-state index < -0.39 is 0 Å². The van der Waals surface area contributed by atoms with Crippen LogP contribution in [0.4, 0.5) is 0 Å². The van der Waals surface area contributed by atoms with Crippen LogP contribution in [0.25, 0.3) is 11.2 Å². The van der Waals surface area contributed by atoms with E-state index >= 15 is 0 Å². The molecule has 0 aliphatic heterocycles. The number of alkyl halides is 1. The Bertz CT molecular complexity index is 625. The summed E-state index contributed by atoms with van der Waals surface area (Å²) < 4.78 is 3.37. The van der Waals surface area contributed by atoms with E-state index in [1.807, 2.05) is 6.20 Å². The van der Waals surface area contributed by atoms with Gasteiger partial charge < -0.3 is 4.57 Å². The third kappa shape index (κ3) is 2.98. The van der Waals surface area contributed by atoms with Crippen molar-refractivity contribution in [2.45, 2.75) is 51.5 Å². The van der Waals surface area contributed by atoms with Gasteiger partial charge in [-0.3, -0.25) is 0 Å². The van der Waals surface area contributed by atoms with Gasteiger partial charge in [-0.05, 0) is 40.8 Å². The lowest BCUT2D eigenvalue weighted by Gasteiger charge is -2.33. The van der Waals surface area contributed by atoms with Crippen molar-refractivity contribution in [1.82, 2.24) is 14.5 Å². The van der Waals surface area contributed by atoms with Crippen LogP contribution in [0.3, 0.4) is 0 Å². The van der Waals surface area contributed by atoms with Crippen LogP contribution in [0.1, 0.15) is 50.9 Å². The first kappa shape index (κ1) is 15.3. The molecule has 0 bridgehead atoms. The Labute approximate surface area is 139 Å². The van der Waals surface area contributed by atoms with E-state index in [2.05, 4.69) is 38.5 Å². The Morgan fingerprint density at radius 1 is 1.38 bits per heavy atom. The fourth-order valence-electron chi connectivity index (χ4n) is 3.62. The Hall–Kier alpha value is -0.610. The first-order chi connectivity index (χ1) is 10.2. The predicted octanol–water partition coefficient (Wildman–Crippen LogP) is 5.12. The maximum absolute atomic E-state index is 5.99. The molecule has 0 radical (unpaired) electrons. The van der Waals surface area contributed by atoms with Crippen molar-refractivity contribution in [2.24, 2.45) is 5.92 Å². The smallest absolute Gasteiger partial charge is 0.160 e. The van der Waals surface area contributed by atoms with E-state index in [9.17, 15) is 0 Å². The molecule has 21 heavy (non-hydrogen) atoms. The zero-order valence-electron chi connectivity index (χ0n) is 12.4. The van der Waals surface area contributed by atoms with E-state index in [4.69, 9.17) is 16.6 Å². The molecule has 0 spiro atoms. The first-order valence-electron chi connectivity index (χ1n) is 7.83. The molecule has 114 valence electrons. The Morgan fingerprint density at radius 2 is 2.19 bits per heavy atom. The Morgan fingerprint density at radius 3 is 2.95 bits per heavy atom. The van der Waals surface area contributed by atoms with E-state index in [1.165, 1.54) is 32.1 Å². The fourth-order valence-corrected chi connectivity index (χ4v) is 4.11. The number of aromatic nitrogens is 3. The predicted molar refractivity (Wildman–Crippen MR) is 90.9 cm³/mol. The van der Waals surface area contributed by atoms with Crippen molar-refractivity contribution in [3.05, 3.63) is 22.6 Å². The average molecular weight is 371 g/mol. The van der Waals surface area contributed by atoms with Crippen molar-refractivity contribution in [1.29, 1.82) is 0 Å². The van der Waals surface area contributed by atoms with Crippen molar-refractivity contribution in [2.75, 3.05) is 5.88 Å². The van der Waals surface area contributed by atoms with Gasteiger partial charge in [0.25, 0.3) is 0 Å². The second kappa shape index (κ2) is 6.66. The van der Waals surface area contributed by atoms with Gasteiger partial charge in [0.05, 0.1) is 0 Å². The first-order valence-corrected chi connectivity index (χ1v) is 9.15. The molecule has 2 atom stereocenters. The van der Waals surface area contributed by atoms with E-state index in [0.29, 0.717) is 11.9 Å². The molecule has 2 heterocycles. The summed E-state index contributed by atoms with van der Waals surface area (Å²) >= 11 is 9.48. The minimum Gasteiger partial charge on any atom is -0.309 e. The van der Waals surface area contributed by atoms with Gasteiger partial charge in [-0.1, -0.05) is 26.2 Å². The van der Waals surface area contributed by atoms with Gasteiger partial charge in [0, 0.05) is 29.0 Å². The zero-order chi connectivity index (χ0) is 14.8. The number of pyridine rings is 1. The summed E-state index contributed by atoms with van der Waals surface area (Å²) in [6.07, 6.45) is 9.11. The molecule has 5 heteroatoms. The summed E-state index contributed by atoms with van der Waals surface area (Å²) in [6, 6.07) is 2.58. The second-order valence-corrected chi connectivity index (χ2v) is 7.15. The van der Waals surface area contributed by atoms with Crippen LogP contribution < -0.4 is 0 Å². The summed E-state index contributed by atoms with van der Waals surface area (Å²) in [5, 5.41) is 0. The highest BCUT2D eigenvalue weighted by Crippen LogP contribution is 2.38. The Kier molecular flexibility index (Phi) is 4.85. The monoisotopic (exact) mass is 369 g/mol. The van der Waals surface area contributed by atoms with Crippen LogP contribution in [0.2, 0.25) is 0 Å². The zero-order valence-corrected chi connectivity index (χ0v) is 14.7. The molecule has 2 unspecified atom stereocenters. The SMILES string of the molecule is CCC1CCCCC1n1c(CCCl)nc2cc(Br)cnc21. The van der Waals surface area contributed by atoms with Crippen molar-refractivity contribution < 1.29 is 0 Å². The molecular weight excluding hydrogens is 350 g/mol. The second-order valence-electron chi connectivity index (χ2n) is 5.85. The maximum Gasteiger partial charge on any atom is 0.160 e. The van der Waals surface area contributed by atoms with Crippen LogP contribution in [0.15, 0.2) is 16.7 Å². The van der Waals surface area contributed by atoms with Crippen molar-refractivity contribution >= 4 is 38.7 Å². The number of nitrogens with zero attached hydrogens (tertiary/aromatic N) is 3. The van der Waals surface area contributed by atoms with Gasteiger partial charge in [-0.15, -0.1) is 11.6 Å². The lowest BCUT2D eigenvalue weighted by molar-refractivity contribution is 0.232. The largest absolute Gasteiger partial charge is 0.309 e. The van der Waals surface area contributed by atoms with Gasteiger partial charge in [0.15, 0.2) is 5.65 Å². The molecule has 3 rings (SSSR count). The molecule has 0 N–H and O–H groups in total. The number of rotatable bonds is 4. The highest BCUT2D eigenvalue weighted by Gasteiger charge is 2.28. The highest BCUT2D eigenvalue weighted by atomic mass is 79.9.